The first kappa shape index (κ1) is 11.9. The molecule has 2 aromatic rings. The van der Waals surface area contributed by atoms with Gasteiger partial charge in [0, 0.05) is 6.04 Å². The molecule has 2 heterocycles. The second-order valence-corrected chi connectivity index (χ2v) is 4.48. The molecule has 2 rings (SSSR count). The zero-order valence-corrected chi connectivity index (χ0v) is 10.7. The molecule has 0 radical (unpaired) electrons. The van der Waals surface area contributed by atoms with E-state index in [1.54, 1.807) is 6.20 Å². The van der Waals surface area contributed by atoms with Crippen LogP contribution in [0.25, 0.3) is 11.3 Å². The van der Waals surface area contributed by atoms with E-state index >= 15 is 0 Å². The van der Waals surface area contributed by atoms with Gasteiger partial charge >= 0.3 is 0 Å². The van der Waals surface area contributed by atoms with Gasteiger partial charge in [0.1, 0.15) is 11.5 Å². The van der Waals surface area contributed by atoms with Crippen LogP contribution in [-0.2, 0) is 6.54 Å². The average Bonchev–Trinajstić information content (AvgIpc) is 2.82. The molecular formula is C13H18N2O2. The van der Waals surface area contributed by atoms with Gasteiger partial charge in [0.05, 0.1) is 18.3 Å². The fourth-order valence-electron chi connectivity index (χ4n) is 1.68. The summed E-state index contributed by atoms with van der Waals surface area (Å²) in [6, 6.07) is 2.39. The zero-order chi connectivity index (χ0) is 12.4. The lowest BCUT2D eigenvalue weighted by Crippen LogP contribution is -2.21. The quantitative estimate of drug-likeness (QED) is 0.883. The molecule has 0 saturated carbocycles. The van der Waals surface area contributed by atoms with Crippen LogP contribution in [0.4, 0.5) is 0 Å². The molecule has 2 aromatic heterocycles. The molecule has 0 fully saturated rings. The molecule has 0 spiro atoms. The van der Waals surface area contributed by atoms with Crippen LogP contribution in [0.1, 0.15) is 31.3 Å². The van der Waals surface area contributed by atoms with E-state index in [1.165, 1.54) is 0 Å². The van der Waals surface area contributed by atoms with Crippen LogP contribution in [-0.4, -0.2) is 11.0 Å². The highest BCUT2D eigenvalue weighted by atomic mass is 16.4. The van der Waals surface area contributed by atoms with Gasteiger partial charge in [-0.3, -0.25) is 0 Å². The van der Waals surface area contributed by atoms with Crippen molar-refractivity contribution in [1.82, 2.24) is 10.3 Å². The number of hydrogen-bond donors (Lipinski definition) is 1. The molecular weight excluding hydrogens is 216 g/mol. The van der Waals surface area contributed by atoms with Gasteiger partial charge in [-0.05, 0) is 19.9 Å². The van der Waals surface area contributed by atoms with Crippen molar-refractivity contribution in [3.8, 4) is 11.3 Å². The largest absolute Gasteiger partial charge is 0.466 e. The van der Waals surface area contributed by atoms with Gasteiger partial charge in [0.2, 0.25) is 5.89 Å². The van der Waals surface area contributed by atoms with Gasteiger partial charge in [0.15, 0.2) is 5.76 Å². The Balaban J connectivity index is 2.15. The van der Waals surface area contributed by atoms with Gasteiger partial charge < -0.3 is 14.2 Å². The van der Waals surface area contributed by atoms with E-state index in [9.17, 15) is 0 Å². The summed E-state index contributed by atoms with van der Waals surface area (Å²) in [4.78, 5) is 4.24. The fourth-order valence-corrected chi connectivity index (χ4v) is 1.68. The van der Waals surface area contributed by atoms with Crippen molar-refractivity contribution in [3.05, 3.63) is 29.7 Å². The van der Waals surface area contributed by atoms with Crippen molar-refractivity contribution in [1.29, 1.82) is 0 Å². The van der Waals surface area contributed by atoms with Crippen LogP contribution < -0.4 is 5.32 Å². The van der Waals surface area contributed by atoms with Gasteiger partial charge in [-0.25, -0.2) is 4.98 Å². The second-order valence-electron chi connectivity index (χ2n) is 4.48. The van der Waals surface area contributed by atoms with E-state index in [2.05, 4.69) is 24.1 Å². The maximum absolute atomic E-state index is 5.68. The minimum atomic E-state index is 0.420. The second kappa shape index (κ2) is 4.75. The Kier molecular flexibility index (Phi) is 3.33. The Morgan fingerprint density at radius 2 is 2.06 bits per heavy atom. The molecule has 4 nitrogen and oxygen atoms in total. The van der Waals surface area contributed by atoms with E-state index in [1.807, 2.05) is 19.9 Å². The highest BCUT2D eigenvalue weighted by Crippen LogP contribution is 2.26. The van der Waals surface area contributed by atoms with Crippen molar-refractivity contribution < 1.29 is 8.83 Å². The molecule has 0 aliphatic carbocycles. The fraction of sp³-hybridized carbons (Fsp3) is 0.462. The number of aryl methyl sites for hydroxylation is 2. The van der Waals surface area contributed by atoms with Crippen molar-refractivity contribution in [3.63, 3.8) is 0 Å². The summed E-state index contributed by atoms with van der Waals surface area (Å²) in [5.41, 5.74) is 0.978. The van der Waals surface area contributed by atoms with Crippen LogP contribution in [0.2, 0.25) is 0 Å². The Bertz CT molecular complexity index is 497. The minimum Gasteiger partial charge on any atom is -0.466 e. The number of rotatable bonds is 4. The number of nitrogens with zero attached hydrogens (tertiary/aromatic N) is 1. The van der Waals surface area contributed by atoms with Crippen LogP contribution >= 0.6 is 0 Å². The Morgan fingerprint density at radius 1 is 1.29 bits per heavy atom. The van der Waals surface area contributed by atoms with Crippen molar-refractivity contribution >= 4 is 0 Å². The molecule has 17 heavy (non-hydrogen) atoms. The SMILES string of the molecule is Cc1cc(-c2cnc(CNC(C)C)o2)c(C)o1. The molecule has 0 unspecified atom stereocenters. The molecule has 0 bridgehead atoms. The Labute approximate surface area is 101 Å². The van der Waals surface area contributed by atoms with Gasteiger partial charge in [-0.2, -0.15) is 0 Å². The van der Waals surface area contributed by atoms with Crippen LogP contribution in [0, 0.1) is 13.8 Å². The zero-order valence-electron chi connectivity index (χ0n) is 10.7. The standard InChI is InChI=1S/C13H18N2O2/c1-8(2)14-7-13-15-6-12(17-13)11-5-9(3)16-10(11)4/h5-6,8,14H,7H2,1-4H3. The normalized spacial score (nSPS) is 11.4. The lowest BCUT2D eigenvalue weighted by atomic mass is 10.2. The van der Waals surface area contributed by atoms with Crippen LogP contribution in [0.15, 0.2) is 21.1 Å². The summed E-state index contributed by atoms with van der Waals surface area (Å²) in [6.45, 7) is 8.68. The molecule has 1 N–H and O–H groups in total. The van der Waals surface area contributed by atoms with Crippen molar-refractivity contribution in [2.75, 3.05) is 0 Å². The number of oxazole rings is 1. The molecule has 0 aliphatic heterocycles. The maximum atomic E-state index is 5.68. The molecule has 0 saturated heterocycles. The number of furan rings is 1. The van der Waals surface area contributed by atoms with Gasteiger partial charge in [0.25, 0.3) is 0 Å². The lowest BCUT2D eigenvalue weighted by molar-refractivity contribution is 0.457. The summed E-state index contributed by atoms with van der Waals surface area (Å²) >= 11 is 0. The minimum absolute atomic E-state index is 0.420. The third-order valence-electron chi connectivity index (χ3n) is 2.52. The third kappa shape index (κ3) is 2.77. The molecule has 0 aromatic carbocycles. The maximum Gasteiger partial charge on any atom is 0.208 e. The number of hydrogen-bond acceptors (Lipinski definition) is 4. The summed E-state index contributed by atoms with van der Waals surface area (Å²) in [5, 5.41) is 3.27. The molecule has 0 aliphatic rings. The molecule has 92 valence electrons. The number of nitrogens with one attached hydrogen (secondary N) is 1. The van der Waals surface area contributed by atoms with E-state index in [4.69, 9.17) is 8.83 Å². The summed E-state index contributed by atoms with van der Waals surface area (Å²) in [6.07, 6.45) is 1.74. The van der Waals surface area contributed by atoms with Gasteiger partial charge in [-0.15, -0.1) is 0 Å². The molecule has 4 heteroatoms. The smallest absolute Gasteiger partial charge is 0.208 e. The van der Waals surface area contributed by atoms with E-state index in [0.717, 1.165) is 22.8 Å². The van der Waals surface area contributed by atoms with Crippen LogP contribution in [0.5, 0.6) is 0 Å². The summed E-state index contributed by atoms with van der Waals surface area (Å²) < 4.78 is 11.2. The lowest BCUT2D eigenvalue weighted by Gasteiger charge is -2.03. The predicted octanol–water partition coefficient (Wildman–Crippen LogP) is 3.05. The van der Waals surface area contributed by atoms with Gasteiger partial charge in [-0.1, -0.05) is 13.8 Å². The highest BCUT2D eigenvalue weighted by Gasteiger charge is 2.12. The topological polar surface area (TPSA) is 51.2 Å². The van der Waals surface area contributed by atoms with E-state index < -0.39 is 0 Å². The average molecular weight is 234 g/mol. The number of aromatic nitrogens is 1. The van der Waals surface area contributed by atoms with E-state index in [-0.39, 0.29) is 0 Å². The first-order valence-electron chi connectivity index (χ1n) is 5.81. The third-order valence-corrected chi connectivity index (χ3v) is 2.52. The Morgan fingerprint density at radius 3 is 2.65 bits per heavy atom. The summed E-state index contributed by atoms with van der Waals surface area (Å²) in [7, 11) is 0. The first-order chi connectivity index (χ1) is 8.06. The van der Waals surface area contributed by atoms with Crippen molar-refractivity contribution in [2.45, 2.75) is 40.3 Å². The van der Waals surface area contributed by atoms with Crippen LogP contribution in [0.3, 0.4) is 0 Å². The monoisotopic (exact) mass is 234 g/mol. The van der Waals surface area contributed by atoms with Crippen molar-refractivity contribution in [2.24, 2.45) is 0 Å². The Hall–Kier alpha value is -1.55. The predicted molar refractivity (Wildman–Crippen MR) is 65.7 cm³/mol. The summed E-state index contributed by atoms with van der Waals surface area (Å²) in [5.74, 6) is 3.21. The molecule has 0 atom stereocenters. The first-order valence-corrected chi connectivity index (χ1v) is 5.81. The molecule has 0 amide bonds. The highest BCUT2D eigenvalue weighted by molar-refractivity contribution is 5.59. The van der Waals surface area contributed by atoms with E-state index in [0.29, 0.717) is 18.5 Å².